The van der Waals surface area contributed by atoms with Gasteiger partial charge in [-0.3, -0.25) is 0 Å². The van der Waals surface area contributed by atoms with Crippen molar-refractivity contribution in [2.24, 2.45) is 5.92 Å². The number of hydrogen-bond donors (Lipinski definition) is 0. The molecule has 0 bridgehead atoms. The number of hydrogen-bond acceptors (Lipinski definition) is 1. The SMILES string of the molecule is CC1CC2C=CC3=CC=CC3=C2S1. The summed E-state index contributed by atoms with van der Waals surface area (Å²) in [7, 11) is 0. The van der Waals surface area contributed by atoms with E-state index in [9.17, 15) is 0 Å². The van der Waals surface area contributed by atoms with Crippen molar-refractivity contribution in [3.8, 4) is 0 Å². The lowest BCUT2D eigenvalue weighted by atomic mass is 9.92. The summed E-state index contributed by atoms with van der Waals surface area (Å²) in [6.07, 6.45) is 12.6. The van der Waals surface area contributed by atoms with Gasteiger partial charge in [-0.2, -0.15) is 0 Å². The van der Waals surface area contributed by atoms with Crippen LogP contribution in [0.15, 0.2) is 46.4 Å². The first kappa shape index (κ1) is 7.69. The van der Waals surface area contributed by atoms with Crippen LogP contribution in [-0.4, -0.2) is 5.25 Å². The molecule has 1 aliphatic heterocycles. The van der Waals surface area contributed by atoms with Crippen LogP contribution in [0, 0.1) is 5.92 Å². The van der Waals surface area contributed by atoms with Gasteiger partial charge in [0.15, 0.2) is 0 Å². The van der Waals surface area contributed by atoms with E-state index < -0.39 is 0 Å². The second-order valence-electron chi connectivity index (χ2n) is 3.89. The topological polar surface area (TPSA) is 0 Å². The smallest absolute Gasteiger partial charge is 0.00980 e. The molecule has 13 heavy (non-hydrogen) atoms. The van der Waals surface area contributed by atoms with Gasteiger partial charge in [0, 0.05) is 11.2 Å². The second-order valence-corrected chi connectivity index (χ2v) is 5.37. The van der Waals surface area contributed by atoms with Crippen molar-refractivity contribution < 1.29 is 0 Å². The van der Waals surface area contributed by atoms with Gasteiger partial charge in [0.05, 0.1) is 0 Å². The molecule has 66 valence electrons. The Hall–Kier alpha value is -0.690. The maximum absolute atomic E-state index is 2.37. The molecule has 0 saturated carbocycles. The average Bonchev–Trinajstić information content (AvgIpc) is 2.65. The van der Waals surface area contributed by atoms with E-state index in [0.29, 0.717) is 0 Å². The molecule has 2 atom stereocenters. The molecule has 0 spiro atoms. The Labute approximate surface area is 83.1 Å². The van der Waals surface area contributed by atoms with Gasteiger partial charge < -0.3 is 0 Å². The Kier molecular flexibility index (Phi) is 1.57. The fraction of sp³-hybridized carbons (Fsp3) is 0.333. The molecule has 3 rings (SSSR count). The van der Waals surface area contributed by atoms with Crippen molar-refractivity contribution in [1.29, 1.82) is 0 Å². The maximum Gasteiger partial charge on any atom is 0.00980 e. The lowest BCUT2D eigenvalue weighted by Crippen LogP contribution is -2.00. The highest BCUT2D eigenvalue weighted by molar-refractivity contribution is 8.04. The van der Waals surface area contributed by atoms with Crippen LogP contribution in [0.1, 0.15) is 13.3 Å². The van der Waals surface area contributed by atoms with Crippen LogP contribution in [-0.2, 0) is 0 Å². The summed E-state index contributed by atoms with van der Waals surface area (Å²) in [4.78, 5) is 1.61. The van der Waals surface area contributed by atoms with E-state index in [0.717, 1.165) is 11.2 Å². The minimum atomic E-state index is 0.717. The molecule has 1 heterocycles. The molecule has 0 aromatic rings. The Bertz CT molecular complexity index is 369. The molecule has 0 aromatic heterocycles. The molecule has 3 aliphatic rings. The van der Waals surface area contributed by atoms with Crippen LogP contribution in [0.2, 0.25) is 0 Å². The molecule has 1 heteroatoms. The van der Waals surface area contributed by atoms with Gasteiger partial charge in [-0.15, -0.1) is 11.8 Å². The molecular weight excluding hydrogens is 176 g/mol. The summed E-state index contributed by atoms with van der Waals surface area (Å²) in [5.74, 6) is 0.717. The van der Waals surface area contributed by atoms with Gasteiger partial charge in [0.1, 0.15) is 0 Å². The van der Waals surface area contributed by atoms with Crippen molar-refractivity contribution in [3.63, 3.8) is 0 Å². The first-order chi connectivity index (χ1) is 6.34. The third-order valence-corrected chi connectivity index (χ3v) is 4.25. The summed E-state index contributed by atoms with van der Waals surface area (Å²) in [6.45, 7) is 2.33. The van der Waals surface area contributed by atoms with E-state index in [1.165, 1.54) is 17.6 Å². The number of fused-ring (bicyclic) bond motifs is 2. The summed E-state index contributed by atoms with van der Waals surface area (Å²) in [5.41, 5.74) is 2.90. The van der Waals surface area contributed by atoms with Crippen molar-refractivity contribution in [3.05, 3.63) is 46.4 Å². The highest BCUT2D eigenvalue weighted by atomic mass is 32.2. The van der Waals surface area contributed by atoms with Crippen molar-refractivity contribution in [2.45, 2.75) is 18.6 Å². The van der Waals surface area contributed by atoms with Crippen LogP contribution in [0.4, 0.5) is 0 Å². The maximum atomic E-state index is 2.37. The van der Waals surface area contributed by atoms with Crippen LogP contribution < -0.4 is 0 Å². The minimum Gasteiger partial charge on any atom is -0.126 e. The molecule has 2 unspecified atom stereocenters. The van der Waals surface area contributed by atoms with Crippen molar-refractivity contribution in [1.82, 2.24) is 0 Å². The predicted octanol–water partition coefficient (Wildman–Crippen LogP) is 3.45. The van der Waals surface area contributed by atoms with Gasteiger partial charge >= 0.3 is 0 Å². The van der Waals surface area contributed by atoms with Crippen LogP contribution >= 0.6 is 11.8 Å². The van der Waals surface area contributed by atoms with Crippen LogP contribution in [0.25, 0.3) is 0 Å². The molecule has 0 amide bonds. The molecule has 0 N–H and O–H groups in total. The minimum absolute atomic E-state index is 0.717. The van der Waals surface area contributed by atoms with Gasteiger partial charge in [-0.1, -0.05) is 37.3 Å². The summed E-state index contributed by atoms with van der Waals surface area (Å²) in [5, 5.41) is 0.797. The molecule has 1 saturated heterocycles. The average molecular weight is 188 g/mol. The highest BCUT2D eigenvalue weighted by Crippen LogP contribution is 2.48. The van der Waals surface area contributed by atoms with Gasteiger partial charge in [-0.05, 0) is 22.5 Å². The normalized spacial score (nSPS) is 35.0. The molecule has 0 nitrogen and oxygen atoms in total. The third-order valence-electron chi connectivity index (χ3n) is 2.87. The van der Waals surface area contributed by atoms with Gasteiger partial charge in [-0.25, -0.2) is 0 Å². The fourth-order valence-electron chi connectivity index (χ4n) is 2.27. The zero-order chi connectivity index (χ0) is 8.84. The Morgan fingerprint density at radius 1 is 1.38 bits per heavy atom. The Morgan fingerprint density at radius 2 is 2.31 bits per heavy atom. The molecule has 0 radical (unpaired) electrons. The first-order valence-electron chi connectivity index (χ1n) is 4.82. The second kappa shape index (κ2) is 2.65. The summed E-state index contributed by atoms with van der Waals surface area (Å²) >= 11 is 2.06. The first-order valence-corrected chi connectivity index (χ1v) is 5.70. The highest BCUT2D eigenvalue weighted by Gasteiger charge is 2.30. The number of thioether (sulfide) groups is 1. The lowest BCUT2D eigenvalue weighted by molar-refractivity contribution is 0.719. The van der Waals surface area contributed by atoms with Crippen molar-refractivity contribution >= 4 is 11.8 Å². The fourth-order valence-corrected chi connectivity index (χ4v) is 3.67. The molecule has 2 aliphatic carbocycles. The van der Waals surface area contributed by atoms with Gasteiger partial charge in [0.2, 0.25) is 0 Å². The lowest BCUT2D eigenvalue weighted by Gasteiger charge is -2.15. The largest absolute Gasteiger partial charge is 0.126 e. The number of allylic oxidation sites excluding steroid dienone is 8. The zero-order valence-corrected chi connectivity index (χ0v) is 8.47. The van der Waals surface area contributed by atoms with E-state index in [2.05, 4.69) is 49.1 Å². The standard InChI is InChI=1S/C12H12S/c1-8-7-10-6-5-9-3-2-4-11(9)12(10)13-8/h2-6,8,10H,7H2,1H3. The van der Waals surface area contributed by atoms with E-state index in [-0.39, 0.29) is 0 Å². The van der Waals surface area contributed by atoms with Crippen LogP contribution in [0.5, 0.6) is 0 Å². The van der Waals surface area contributed by atoms with E-state index in [1.54, 1.807) is 4.91 Å². The zero-order valence-electron chi connectivity index (χ0n) is 7.66. The van der Waals surface area contributed by atoms with E-state index in [4.69, 9.17) is 0 Å². The van der Waals surface area contributed by atoms with Gasteiger partial charge in [0.25, 0.3) is 0 Å². The third kappa shape index (κ3) is 1.07. The summed E-state index contributed by atoms with van der Waals surface area (Å²) in [6, 6.07) is 0. The van der Waals surface area contributed by atoms with Crippen molar-refractivity contribution in [2.75, 3.05) is 0 Å². The Balaban J connectivity index is 2.11. The van der Waals surface area contributed by atoms with E-state index in [1.807, 2.05) is 0 Å². The quantitative estimate of drug-likeness (QED) is 0.561. The molecular formula is C12H12S. The Morgan fingerprint density at radius 3 is 3.23 bits per heavy atom. The molecule has 0 aromatic carbocycles. The molecule has 1 fully saturated rings. The summed E-state index contributed by atoms with van der Waals surface area (Å²) < 4.78 is 0. The van der Waals surface area contributed by atoms with Crippen LogP contribution in [0.3, 0.4) is 0 Å². The predicted molar refractivity (Wildman–Crippen MR) is 58.5 cm³/mol. The number of rotatable bonds is 0. The van der Waals surface area contributed by atoms with E-state index >= 15 is 0 Å². The monoisotopic (exact) mass is 188 g/mol.